The predicted octanol–water partition coefficient (Wildman–Crippen LogP) is 2.16. The van der Waals surface area contributed by atoms with Crippen LogP contribution in [0, 0.1) is 11.8 Å². The van der Waals surface area contributed by atoms with Crippen LogP contribution in [0.5, 0.6) is 0 Å². The Balaban J connectivity index is 1.51. The Labute approximate surface area is 118 Å². The van der Waals surface area contributed by atoms with E-state index in [0.717, 1.165) is 6.42 Å². The van der Waals surface area contributed by atoms with Crippen molar-refractivity contribution in [3.63, 3.8) is 0 Å². The summed E-state index contributed by atoms with van der Waals surface area (Å²) < 4.78 is 0. The number of carboxylic acids is 1. The van der Waals surface area contributed by atoms with Crippen molar-refractivity contribution in [3.8, 4) is 0 Å². The minimum absolute atomic E-state index is 0.0391. The van der Waals surface area contributed by atoms with E-state index in [1.807, 2.05) is 18.2 Å². The zero-order valence-electron chi connectivity index (χ0n) is 11.3. The maximum absolute atomic E-state index is 12.1. The number of benzene rings is 1. The first-order valence-corrected chi connectivity index (χ1v) is 7.23. The standard InChI is InChI=1S/C16H19NO3/c18-15(11-6-7-12(8-11)16(19)20)17-14-9-13(14)10-4-2-1-3-5-10/h1-5,11-14H,6-9H2,(H,17,18)(H,19,20)/t11-,12+,13?,14?/m0/s1. The fourth-order valence-corrected chi connectivity index (χ4v) is 3.17. The van der Waals surface area contributed by atoms with E-state index in [9.17, 15) is 9.59 Å². The second kappa shape index (κ2) is 5.27. The third-order valence-electron chi connectivity index (χ3n) is 4.50. The average Bonchev–Trinajstić information content (AvgIpc) is 3.02. The van der Waals surface area contributed by atoms with E-state index in [0.29, 0.717) is 25.2 Å². The maximum Gasteiger partial charge on any atom is 0.306 e. The second-order valence-corrected chi connectivity index (χ2v) is 5.91. The summed E-state index contributed by atoms with van der Waals surface area (Å²) in [7, 11) is 0. The van der Waals surface area contributed by atoms with Gasteiger partial charge in [0.1, 0.15) is 0 Å². The van der Waals surface area contributed by atoms with E-state index in [1.165, 1.54) is 5.56 Å². The molecule has 1 amide bonds. The molecule has 106 valence electrons. The summed E-state index contributed by atoms with van der Waals surface area (Å²) in [5.41, 5.74) is 1.27. The van der Waals surface area contributed by atoms with Crippen LogP contribution in [-0.4, -0.2) is 23.0 Å². The lowest BCUT2D eigenvalue weighted by atomic mass is 10.0. The molecule has 0 spiro atoms. The molecule has 3 rings (SSSR count). The number of rotatable bonds is 4. The van der Waals surface area contributed by atoms with Crippen molar-refractivity contribution in [2.75, 3.05) is 0 Å². The van der Waals surface area contributed by atoms with E-state index >= 15 is 0 Å². The molecule has 0 radical (unpaired) electrons. The number of aliphatic carboxylic acids is 1. The lowest BCUT2D eigenvalue weighted by Gasteiger charge is -2.10. The van der Waals surface area contributed by atoms with Gasteiger partial charge < -0.3 is 10.4 Å². The Bertz CT molecular complexity index is 514. The van der Waals surface area contributed by atoms with Gasteiger partial charge in [0.25, 0.3) is 0 Å². The number of carbonyl (C=O) groups excluding carboxylic acids is 1. The summed E-state index contributed by atoms with van der Waals surface area (Å²) in [4.78, 5) is 23.0. The van der Waals surface area contributed by atoms with Crippen LogP contribution in [0.1, 0.15) is 37.2 Å². The van der Waals surface area contributed by atoms with Crippen molar-refractivity contribution in [3.05, 3.63) is 35.9 Å². The Hall–Kier alpha value is -1.84. The van der Waals surface area contributed by atoms with Crippen LogP contribution in [0.25, 0.3) is 0 Å². The van der Waals surface area contributed by atoms with Gasteiger partial charge in [0.15, 0.2) is 0 Å². The van der Waals surface area contributed by atoms with Gasteiger partial charge in [-0.1, -0.05) is 30.3 Å². The molecule has 0 aromatic heterocycles. The van der Waals surface area contributed by atoms with Crippen LogP contribution >= 0.6 is 0 Å². The number of hydrogen-bond donors (Lipinski definition) is 2. The molecule has 1 aromatic carbocycles. The van der Waals surface area contributed by atoms with E-state index in [-0.39, 0.29) is 23.8 Å². The normalized spacial score (nSPS) is 31.8. The number of amides is 1. The Kier molecular flexibility index (Phi) is 3.47. The number of carboxylic acid groups (broad SMARTS) is 1. The predicted molar refractivity (Wildman–Crippen MR) is 74.2 cm³/mol. The average molecular weight is 273 g/mol. The monoisotopic (exact) mass is 273 g/mol. The van der Waals surface area contributed by atoms with Gasteiger partial charge in [-0.3, -0.25) is 9.59 Å². The highest BCUT2D eigenvalue weighted by atomic mass is 16.4. The Morgan fingerprint density at radius 2 is 1.75 bits per heavy atom. The minimum atomic E-state index is -0.770. The third-order valence-corrected chi connectivity index (χ3v) is 4.50. The summed E-state index contributed by atoms with van der Waals surface area (Å²) in [5.74, 6) is -0.758. The van der Waals surface area contributed by atoms with Crippen LogP contribution in [0.4, 0.5) is 0 Å². The van der Waals surface area contributed by atoms with Gasteiger partial charge in [-0.15, -0.1) is 0 Å². The quantitative estimate of drug-likeness (QED) is 0.883. The summed E-state index contributed by atoms with van der Waals surface area (Å²) in [6, 6.07) is 10.4. The first-order chi connectivity index (χ1) is 9.65. The van der Waals surface area contributed by atoms with Crippen molar-refractivity contribution in [2.24, 2.45) is 11.8 Å². The molecular formula is C16H19NO3. The van der Waals surface area contributed by atoms with Gasteiger partial charge in [0.05, 0.1) is 5.92 Å². The fourth-order valence-electron chi connectivity index (χ4n) is 3.17. The molecule has 2 saturated carbocycles. The van der Waals surface area contributed by atoms with Gasteiger partial charge in [-0.05, 0) is 31.2 Å². The largest absolute Gasteiger partial charge is 0.481 e. The van der Waals surface area contributed by atoms with E-state index in [1.54, 1.807) is 0 Å². The molecule has 2 aliphatic rings. The van der Waals surface area contributed by atoms with E-state index < -0.39 is 5.97 Å². The molecule has 4 atom stereocenters. The van der Waals surface area contributed by atoms with Crippen molar-refractivity contribution in [2.45, 2.75) is 37.6 Å². The van der Waals surface area contributed by atoms with Gasteiger partial charge >= 0.3 is 5.97 Å². The van der Waals surface area contributed by atoms with Crippen LogP contribution in [0.3, 0.4) is 0 Å². The molecule has 0 saturated heterocycles. The summed E-state index contributed by atoms with van der Waals surface area (Å²) in [6.45, 7) is 0. The molecule has 4 heteroatoms. The summed E-state index contributed by atoms with van der Waals surface area (Å²) in [6.07, 6.45) is 2.81. The lowest BCUT2D eigenvalue weighted by Crippen LogP contribution is -2.32. The van der Waals surface area contributed by atoms with Crippen LogP contribution in [0.15, 0.2) is 30.3 Å². The molecule has 4 nitrogen and oxygen atoms in total. The molecule has 2 N–H and O–H groups in total. The fraction of sp³-hybridized carbons (Fsp3) is 0.500. The number of carbonyl (C=O) groups is 2. The molecule has 2 unspecified atom stereocenters. The summed E-state index contributed by atoms with van der Waals surface area (Å²) >= 11 is 0. The maximum atomic E-state index is 12.1. The first kappa shape index (κ1) is 13.2. The van der Waals surface area contributed by atoms with Crippen molar-refractivity contribution < 1.29 is 14.7 Å². The smallest absolute Gasteiger partial charge is 0.306 e. The third kappa shape index (κ3) is 2.69. The molecule has 0 bridgehead atoms. The van der Waals surface area contributed by atoms with Crippen molar-refractivity contribution in [1.82, 2.24) is 5.32 Å². The lowest BCUT2D eigenvalue weighted by molar-refractivity contribution is -0.141. The summed E-state index contributed by atoms with van der Waals surface area (Å²) in [5, 5.41) is 12.0. The topological polar surface area (TPSA) is 66.4 Å². The van der Waals surface area contributed by atoms with Crippen molar-refractivity contribution in [1.29, 1.82) is 0 Å². The van der Waals surface area contributed by atoms with Crippen LogP contribution < -0.4 is 5.32 Å². The first-order valence-electron chi connectivity index (χ1n) is 7.23. The minimum Gasteiger partial charge on any atom is -0.481 e. The highest BCUT2D eigenvalue weighted by molar-refractivity contribution is 5.81. The van der Waals surface area contributed by atoms with Gasteiger partial charge in [0, 0.05) is 17.9 Å². The van der Waals surface area contributed by atoms with Gasteiger partial charge in [0.2, 0.25) is 5.91 Å². The Morgan fingerprint density at radius 3 is 2.40 bits per heavy atom. The SMILES string of the molecule is O=C(O)[C@@H]1CC[C@H](C(=O)NC2CC2c2ccccc2)C1. The molecule has 1 aromatic rings. The molecule has 20 heavy (non-hydrogen) atoms. The van der Waals surface area contributed by atoms with Gasteiger partial charge in [-0.25, -0.2) is 0 Å². The zero-order chi connectivity index (χ0) is 14.1. The molecule has 0 aliphatic heterocycles. The van der Waals surface area contributed by atoms with E-state index in [2.05, 4.69) is 17.4 Å². The molecule has 2 fully saturated rings. The zero-order valence-corrected chi connectivity index (χ0v) is 11.3. The Morgan fingerprint density at radius 1 is 1.05 bits per heavy atom. The van der Waals surface area contributed by atoms with Crippen molar-refractivity contribution >= 4 is 11.9 Å². The molecule has 2 aliphatic carbocycles. The highest BCUT2D eigenvalue weighted by Gasteiger charge is 2.41. The second-order valence-electron chi connectivity index (χ2n) is 5.91. The van der Waals surface area contributed by atoms with Crippen LogP contribution in [-0.2, 0) is 9.59 Å². The highest BCUT2D eigenvalue weighted by Crippen LogP contribution is 2.41. The van der Waals surface area contributed by atoms with Gasteiger partial charge in [-0.2, -0.15) is 0 Å². The molecular weight excluding hydrogens is 254 g/mol. The van der Waals surface area contributed by atoms with E-state index in [4.69, 9.17) is 5.11 Å². The number of nitrogens with one attached hydrogen (secondary N) is 1. The van der Waals surface area contributed by atoms with Crippen LogP contribution in [0.2, 0.25) is 0 Å². The number of hydrogen-bond acceptors (Lipinski definition) is 2. The molecule has 0 heterocycles.